The lowest BCUT2D eigenvalue weighted by atomic mass is 10.5. The lowest BCUT2D eigenvalue weighted by Crippen LogP contribution is -2.33. The highest BCUT2D eigenvalue weighted by Crippen LogP contribution is 1.79. The lowest BCUT2D eigenvalue weighted by Gasteiger charge is -2.04. The SMILES string of the molecule is CCOCCOC(=O)CNCC(N)=O. The van der Waals surface area contributed by atoms with Crippen LogP contribution in [-0.2, 0) is 19.1 Å². The summed E-state index contributed by atoms with van der Waals surface area (Å²) in [6.07, 6.45) is 0. The van der Waals surface area contributed by atoms with Crippen LogP contribution in [0.3, 0.4) is 0 Å². The highest BCUT2D eigenvalue weighted by molar-refractivity contribution is 5.77. The largest absolute Gasteiger partial charge is 0.462 e. The maximum Gasteiger partial charge on any atom is 0.320 e. The maximum absolute atomic E-state index is 10.9. The average molecular weight is 204 g/mol. The number of esters is 1. The minimum atomic E-state index is -0.507. The Kier molecular flexibility index (Phi) is 7.77. The second-order valence-corrected chi connectivity index (χ2v) is 2.49. The van der Waals surface area contributed by atoms with Gasteiger partial charge < -0.3 is 15.2 Å². The van der Waals surface area contributed by atoms with E-state index < -0.39 is 11.9 Å². The van der Waals surface area contributed by atoms with Crippen LogP contribution in [0.4, 0.5) is 0 Å². The van der Waals surface area contributed by atoms with E-state index in [9.17, 15) is 9.59 Å². The van der Waals surface area contributed by atoms with Crippen molar-refractivity contribution in [1.82, 2.24) is 5.32 Å². The fourth-order valence-electron chi connectivity index (χ4n) is 0.698. The molecule has 0 spiro atoms. The van der Waals surface area contributed by atoms with Crippen molar-refractivity contribution in [3.8, 4) is 0 Å². The van der Waals surface area contributed by atoms with Gasteiger partial charge in [0.15, 0.2) is 0 Å². The van der Waals surface area contributed by atoms with Crippen molar-refractivity contribution in [3.63, 3.8) is 0 Å². The van der Waals surface area contributed by atoms with E-state index in [2.05, 4.69) is 5.32 Å². The van der Waals surface area contributed by atoms with E-state index in [0.29, 0.717) is 13.2 Å². The normalized spacial score (nSPS) is 9.79. The monoisotopic (exact) mass is 204 g/mol. The molecule has 3 N–H and O–H groups in total. The molecule has 0 fully saturated rings. The van der Waals surface area contributed by atoms with E-state index in [1.165, 1.54) is 0 Å². The third kappa shape index (κ3) is 8.95. The third-order valence-corrected chi connectivity index (χ3v) is 1.26. The van der Waals surface area contributed by atoms with Crippen molar-refractivity contribution >= 4 is 11.9 Å². The quantitative estimate of drug-likeness (QED) is 0.376. The van der Waals surface area contributed by atoms with Crippen LogP contribution in [-0.4, -0.2) is 44.8 Å². The molecule has 0 aliphatic heterocycles. The molecule has 0 aliphatic carbocycles. The molecule has 0 aromatic heterocycles. The molecule has 0 heterocycles. The van der Waals surface area contributed by atoms with E-state index in [4.69, 9.17) is 15.2 Å². The molecule has 0 saturated carbocycles. The van der Waals surface area contributed by atoms with Crippen LogP contribution in [0.5, 0.6) is 0 Å². The predicted octanol–water partition coefficient (Wildman–Crippen LogP) is -1.36. The Morgan fingerprint density at radius 2 is 2.00 bits per heavy atom. The van der Waals surface area contributed by atoms with Crippen LogP contribution < -0.4 is 11.1 Å². The van der Waals surface area contributed by atoms with Crippen molar-refractivity contribution in [2.24, 2.45) is 5.73 Å². The smallest absolute Gasteiger partial charge is 0.320 e. The number of amides is 1. The van der Waals surface area contributed by atoms with Gasteiger partial charge in [-0.25, -0.2) is 0 Å². The van der Waals surface area contributed by atoms with Crippen molar-refractivity contribution < 1.29 is 19.1 Å². The Hall–Kier alpha value is -1.14. The van der Waals surface area contributed by atoms with E-state index in [1.807, 2.05) is 6.92 Å². The van der Waals surface area contributed by atoms with E-state index in [1.54, 1.807) is 0 Å². The second kappa shape index (κ2) is 8.46. The average Bonchev–Trinajstić information content (AvgIpc) is 2.12. The Balaban J connectivity index is 3.24. The Labute approximate surface area is 82.7 Å². The molecular weight excluding hydrogens is 188 g/mol. The molecule has 0 atom stereocenters. The molecule has 0 saturated heterocycles. The molecule has 14 heavy (non-hydrogen) atoms. The summed E-state index contributed by atoms with van der Waals surface area (Å²) in [6.45, 7) is 3.02. The molecule has 6 nitrogen and oxygen atoms in total. The van der Waals surface area contributed by atoms with Gasteiger partial charge in [0.1, 0.15) is 6.61 Å². The van der Waals surface area contributed by atoms with Gasteiger partial charge in [-0.15, -0.1) is 0 Å². The van der Waals surface area contributed by atoms with Gasteiger partial charge in [-0.05, 0) is 6.92 Å². The van der Waals surface area contributed by atoms with Gasteiger partial charge in [0, 0.05) is 6.61 Å². The van der Waals surface area contributed by atoms with Crippen LogP contribution in [0.1, 0.15) is 6.92 Å². The minimum absolute atomic E-state index is 0.0188. The van der Waals surface area contributed by atoms with Crippen LogP contribution >= 0.6 is 0 Å². The van der Waals surface area contributed by atoms with Crippen molar-refractivity contribution in [1.29, 1.82) is 0 Å². The Morgan fingerprint density at radius 1 is 1.29 bits per heavy atom. The molecule has 1 amide bonds. The summed E-state index contributed by atoms with van der Waals surface area (Å²) in [7, 11) is 0. The first-order valence-electron chi connectivity index (χ1n) is 4.39. The van der Waals surface area contributed by atoms with Crippen LogP contribution in [0, 0.1) is 0 Å². The number of hydrogen-bond donors (Lipinski definition) is 2. The van der Waals surface area contributed by atoms with Gasteiger partial charge in [0.05, 0.1) is 19.7 Å². The van der Waals surface area contributed by atoms with Crippen molar-refractivity contribution in [3.05, 3.63) is 0 Å². The third-order valence-electron chi connectivity index (χ3n) is 1.26. The number of rotatable bonds is 8. The van der Waals surface area contributed by atoms with Gasteiger partial charge in [0.2, 0.25) is 5.91 Å². The molecule has 0 rings (SSSR count). The topological polar surface area (TPSA) is 90.7 Å². The van der Waals surface area contributed by atoms with Gasteiger partial charge in [-0.2, -0.15) is 0 Å². The summed E-state index contributed by atoms with van der Waals surface area (Å²) in [5.41, 5.74) is 4.84. The van der Waals surface area contributed by atoms with Crippen LogP contribution in [0.25, 0.3) is 0 Å². The number of nitrogens with two attached hydrogens (primary N) is 1. The van der Waals surface area contributed by atoms with Gasteiger partial charge in [-0.1, -0.05) is 0 Å². The second-order valence-electron chi connectivity index (χ2n) is 2.49. The van der Waals surface area contributed by atoms with Crippen LogP contribution in [0.2, 0.25) is 0 Å². The molecule has 0 aromatic rings. The van der Waals surface area contributed by atoms with Crippen molar-refractivity contribution in [2.45, 2.75) is 6.92 Å². The Bertz CT molecular complexity index is 184. The summed E-state index contributed by atoms with van der Waals surface area (Å²) in [5, 5.41) is 2.54. The summed E-state index contributed by atoms with van der Waals surface area (Å²) in [5.74, 6) is -0.932. The first-order valence-corrected chi connectivity index (χ1v) is 4.39. The molecule has 0 radical (unpaired) electrons. The van der Waals surface area contributed by atoms with Gasteiger partial charge >= 0.3 is 5.97 Å². The first kappa shape index (κ1) is 12.9. The number of carbonyl (C=O) groups is 2. The van der Waals surface area contributed by atoms with Gasteiger partial charge in [-0.3, -0.25) is 14.9 Å². The molecule has 82 valence electrons. The zero-order valence-corrected chi connectivity index (χ0v) is 8.25. The fourth-order valence-corrected chi connectivity index (χ4v) is 0.698. The minimum Gasteiger partial charge on any atom is -0.462 e. The highest BCUT2D eigenvalue weighted by Gasteiger charge is 2.02. The fraction of sp³-hybridized carbons (Fsp3) is 0.750. The summed E-state index contributed by atoms with van der Waals surface area (Å²) in [6, 6.07) is 0. The van der Waals surface area contributed by atoms with E-state index in [0.717, 1.165) is 0 Å². The molecule has 0 aromatic carbocycles. The summed E-state index contributed by atoms with van der Waals surface area (Å²) < 4.78 is 9.70. The van der Waals surface area contributed by atoms with Crippen LogP contribution in [0.15, 0.2) is 0 Å². The predicted molar refractivity (Wildman–Crippen MR) is 49.5 cm³/mol. The number of hydrogen-bond acceptors (Lipinski definition) is 5. The molecule has 6 heteroatoms. The first-order chi connectivity index (χ1) is 6.66. The zero-order valence-electron chi connectivity index (χ0n) is 8.25. The lowest BCUT2D eigenvalue weighted by molar-refractivity contribution is -0.144. The standard InChI is InChI=1S/C8H16N2O4/c1-2-13-3-4-14-8(12)6-10-5-7(9)11/h10H,2-6H2,1H3,(H2,9,11). The number of carbonyl (C=O) groups excluding carboxylic acids is 2. The number of primary amides is 1. The Morgan fingerprint density at radius 3 is 2.57 bits per heavy atom. The zero-order chi connectivity index (χ0) is 10.8. The molecule has 0 unspecified atom stereocenters. The van der Waals surface area contributed by atoms with E-state index >= 15 is 0 Å². The summed E-state index contributed by atoms with van der Waals surface area (Å²) in [4.78, 5) is 21.2. The molecular formula is C8H16N2O4. The van der Waals surface area contributed by atoms with E-state index in [-0.39, 0.29) is 19.7 Å². The van der Waals surface area contributed by atoms with Gasteiger partial charge in [0.25, 0.3) is 0 Å². The summed E-state index contributed by atoms with van der Waals surface area (Å²) >= 11 is 0. The molecule has 0 bridgehead atoms. The van der Waals surface area contributed by atoms with Crippen molar-refractivity contribution in [2.75, 3.05) is 32.9 Å². The maximum atomic E-state index is 10.9. The number of nitrogens with one attached hydrogen (secondary N) is 1. The molecule has 0 aliphatic rings. The highest BCUT2D eigenvalue weighted by atomic mass is 16.6. The number of ether oxygens (including phenoxy) is 2.